The Morgan fingerprint density at radius 1 is 0.926 bits per heavy atom. The lowest BCUT2D eigenvalue weighted by Gasteiger charge is -2.06. The van der Waals surface area contributed by atoms with E-state index in [4.69, 9.17) is 0 Å². The first-order valence-electron chi connectivity index (χ1n) is 10.5. The summed E-state index contributed by atoms with van der Waals surface area (Å²) in [5.74, 6) is 1.32. The lowest BCUT2D eigenvalue weighted by molar-refractivity contribution is -0.677. The fraction of sp³-hybridized carbons (Fsp3) is 0.850. The Hall–Kier alpha value is -0.920. The van der Waals surface area contributed by atoms with Gasteiger partial charge in [0.25, 0.3) is 5.82 Å². The summed E-state index contributed by atoms with van der Waals surface area (Å²) in [5.41, 5.74) is 0. The highest BCUT2D eigenvalue weighted by Crippen LogP contribution is 2.10. The molecule has 0 aromatic carbocycles. The highest BCUT2D eigenvalue weighted by Gasteiger charge is 2.03. The number of aromatic amines is 1. The molecule has 1 rings (SSSR count). The molecule has 0 spiro atoms. The molecule has 1 N–H and O–H groups in total. The standard InChI is InChI=1S/C12H26O4S.C8H14N2/c1-2-3-4-5-6-7-8-9-10-11-12-16-17(13,14)15;1-3-4-5-8-9-6-7-10(8)2/h2-12H2,1H3,(H,13,14,15);6-7H,3-5H2,1-2H3. The second-order valence-electron chi connectivity index (χ2n) is 7.03. The molecule has 0 aliphatic carbocycles. The largest absolute Gasteiger partial charge is 0.726 e. The van der Waals surface area contributed by atoms with E-state index in [0.29, 0.717) is 6.42 Å². The second-order valence-corrected chi connectivity index (χ2v) is 8.09. The van der Waals surface area contributed by atoms with Crippen molar-refractivity contribution in [1.29, 1.82) is 0 Å². The van der Waals surface area contributed by atoms with Crippen LogP contribution < -0.4 is 4.57 Å². The van der Waals surface area contributed by atoms with Crippen molar-refractivity contribution in [3.63, 3.8) is 0 Å². The van der Waals surface area contributed by atoms with Gasteiger partial charge in [0, 0.05) is 6.42 Å². The van der Waals surface area contributed by atoms with Crippen LogP contribution in [0.5, 0.6) is 0 Å². The summed E-state index contributed by atoms with van der Waals surface area (Å²) < 4.78 is 36.6. The van der Waals surface area contributed by atoms with Crippen LogP contribution in [0.1, 0.15) is 96.7 Å². The molecule has 0 aliphatic rings. The first kappa shape index (κ1) is 26.1. The van der Waals surface area contributed by atoms with E-state index in [1.807, 2.05) is 12.4 Å². The van der Waals surface area contributed by atoms with E-state index in [2.05, 4.69) is 34.6 Å². The maximum absolute atomic E-state index is 10.1. The van der Waals surface area contributed by atoms with Gasteiger partial charge in [0.05, 0.1) is 13.7 Å². The molecule has 0 bridgehead atoms. The summed E-state index contributed by atoms with van der Waals surface area (Å²) in [6.07, 6.45) is 19.4. The highest BCUT2D eigenvalue weighted by molar-refractivity contribution is 7.80. The summed E-state index contributed by atoms with van der Waals surface area (Å²) in [7, 11) is -2.41. The van der Waals surface area contributed by atoms with E-state index in [9.17, 15) is 13.0 Å². The predicted molar refractivity (Wildman–Crippen MR) is 108 cm³/mol. The minimum Gasteiger partial charge on any atom is -0.726 e. The fourth-order valence-corrected chi connectivity index (χ4v) is 3.10. The van der Waals surface area contributed by atoms with Gasteiger partial charge in [-0.05, 0) is 12.8 Å². The lowest BCUT2D eigenvalue weighted by Crippen LogP contribution is -2.30. The van der Waals surface area contributed by atoms with Crippen molar-refractivity contribution in [2.24, 2.45) is 7.05 Å². The van der Waals surface area contributed by atoms with Gasteiger partial charge in [-0.15, -0.1) is 0 Å². The van der Waals surface area contributed by atoms with Crippen LogP contribution >= 0.6 is 0 Å². The van der Waals surface area contributed by atoms with Crippen molar-refractivity contribution in [3.05, 3.63) is 18.2 Å². The van der Waals surface area contributed by atoms with Crippen molar-refractivity contribution in [3.8, 4) is 0 Å². The van der Waals surface area contributed by atoms with E-state index < -0.39 is 10.4 Å². The molecule has 0 radical (unpaired) electrons. The summed E-state index contributed by atoms with van der Waals surface area (Å²) in [4.78, 5) is 3.20. The number of nitrogens with one attached hydrogen (secondary N) is 1. The number of unbranched alkanes of at least 4 members (excludes halogenated alkanes) is 10. The molecular weight excluding hydrogens is 364 g/mol. The molecule has 0 aliphatic heterocycles. The van der Waals surface area contributed by atoms with E-state index in [1.165, 1.54) is 70.0 Å². The number of rotatable bonds is 15. The zero-order chi connectivity index (χ0) is 20.4. The molecule has 0 saturated carbocycles. The smallest absolute Gasteiger partial charge is 0.253 e. The first-order valence-corrected chi connectivity index (χ1v) is 11.9. The van der Waals surface area contributed by atoms with Gasteiger partial charge in [-0.2, -0.15) is 0 Å². The SMILES string of the molecule is CCCCCCCCCCCCOS(=O)(=O)[O-].CCCCc1[nH]cc[n+]1C. The Morgan fingerprint density at radius 3 is 1.89 bits per heavy atom. The molecule has 1 aromatic heterocycles. The summed E-state index contributed by atoms with van der Waals surface area (Å²) >= 11 is 0. The van der Waals surface area contributed by atoms with Gasteiger partial charge in [-0.25, -0.2) is 18.0 Å². The van der Waals surface area contributed by atoms with Gasteiger partial charge in [-0.3, -0.25) is 4.18 Å². The Kier molecular flexibility index (Phi) is 16.6. The number of imidazole rings is 1. The third-order valence-electron chi connectivity index (χ3n) is 4.47. The molecule has 6 nitrogen and oxygen atoms in total. The molecule has 7 heteroatoms. The fourth-order valence-electron chi connectivity index (χ4n) is 2.78. The van der Waals surface area contributed by atoms with Gasteiger partial charge in [-0.1, -0.05) is 78.1 Å². The normalized spacial score (nSPS) is 11.3. The van der Waals surface area contributed by atoms with Gasteiger partial charge in [0.2, 0.25) is 10.4 Å². The number of hydrogen-bond acceptors (Lipinski definition) is 4. The van der Waals surface area contributed by atoms with Crippen LogP contribution in [0.25, 0.3) is 0 Å². The Bertz CT molecular complexity index is 544. The molecule has 1 heterocycles. The monoisotopic (exact) mass is 404 g/mol. The lowest BCUT2D eigenvalue weighted by atomic mass is 10.1. The second kappa shape index (κ2) is 17.2. The van der Waals surface area contributed by atoms with Crippen molar-refractivity contribution in [1.82, 2.24) is 4.98 Å². The van der Waals surface area contributed by atoms with E-state index >= 15 is 0 Å². The molecule has 0 saturated heterocycles. The topological polar surface area (TPSA) is 86.1 Å². The quantitative estimate of drug-likeness (QED) is 0.201. The van der Waals surface area contributed by atoms with Crippen molar-refractivity contribution in [2.75, 3.05) is 6.61 Å². The van der Waals surface area contributed by atoms with Crippen LogP contribution in [0.3, 0.4) is 0 Å². The molecular formula is C20H40N2O4S. The van der Waals surface area contributed by atoms with E-state index in [0.717, 1.165) is 12.8 Å². The van der Waals surface area contributed by atoms with Crippen molar-refractivity contribution in [2.45, 2.75) is 97.3 Å². The first-order chi connectivity index (χ1) is 12.9. The van der Waals surface area contributed by atoms with Crippen LogP contribution in [0.15, 0.2) is 12.4 Å². The zero-order valence-corrected chi connectivity index (χ0v) is 18.4. The van der Waals surface area contributed by atoms with Gasteiger partial charge in [0.1, 0.15) is 12.4 Å². The minimum absolute atomic E-state index is 0.0301. The number of hydrogen-bond donors (Lipinski definition) is 1. The third-order valence-corrected chi connectivity index (χ3v) is 4.92. The van der Waals surface area contributed by atoms with E-state index in [-0.39, 0.29) is 6.61 Å². The number of H-pyrrole nitrogens is 1. The molecule has 0 atom stereocenters. The average molecular weight is 405 g/mol. The summed E-state index contributed by atoms with van der Waals surface area (Å²) in [6, 6.07) is 0. The summed E-state index contributed by atoms with van der Waals surface area (Å²) in [6.45, 7) is 4.45. The van der Waals surface area contributed by atoms with Crippen LogP contribution in [-0.4, -0.2) is 24.6 Å². The van der Waals surface area contributed by atoms with Gasteiger partial charge >= 0.3 is 0 Å². The summed E-state index contributed by atoms with van der Waals surface area (Å²) in [5, 5.41) is 0. The number of nitrogens with zero attached hydrogens (tertiary/aromatic N) is 1. The molecule has 27 heavy (non-hydrogen) atoms. The molecule has 0 amide bonds. The Labute approximate surface area is 166 Å². The molecule has 1 aromatic rings. The third kappa shape index (κ3) is 18.2. The highest BCUT2D eigenvalue weighted by atomic mass is 32.3. The van der Waals surface area contributed by atoms with Crippen LogP contribution in [0.4, 0.5) is 0 Å². The molecule has 0 unspecified atom stereocenters. The zero-order valence-electron chi connectivity index (χ0n) is 17.5. The predicted octanol–water partition coefficient (Wildman–Crippen LogP) is 4.57. The Morgan fingerprint density at radius 2 is 1.44 bits per heavy atom. The van der Waals surface area contributed by atoms with Crippen LogP contribution in [0, 0.1) is 0 Å². The van der Waals surface area contributed by atoms with E-state index in [1.54, 1.807) is 0 Å². The minimum atomic E-state index is -4.48. The van der Waals surface area contributed by atoms with Gasteiger partial charge < -0.3 is 4.55 Å². The molecule has 160 valence electrons. The maximum Gasteiger partial charge on any atom is 0.253 e. The Balaban J connectivity index is 0.000000569. The van der Waals surface area contributed by atoms with Crippen molar-refractivity contribution >= 4 is 10.4 Å². The van der Waals surface area contributed by atoms with Gasteiger partial charge in [0.15, 0.2) is 0 Å². The maximum atomic E-state index is 10.1. The number of aromatic nitrogens is 2. The average Bonchev–Trinajstić information content (AvgIpc) is 3.02. The van der Waals surface area contributed by atoms with Crippen LogP contribution in [0.2, 0.25) is 0 Å². The van der Waals surface area contributed by atoms with Crippen molar-refractivity contribution < 1.29 is 21.7 Å². The van der Waals surface area contributed by atoms with Crippen LogP contribution in [-0.2, 0) is 28.1 Å². The number of aryl methyl sites for hydroxylation is 2. The molecule has 0 fully saturated rings.